The summed E-state index contributed by atoms with van der Waals surface area (Å²) in [4.78, 5) is 7.11. The molecule has 1 aromatic heterocycles. The van der Waals surface area contributed by atoms with Crippen molar-refractivity contribution in [3.8, 4) is 0 Å². The topological polar surface area (TPSA) is 54.2 Å². The molecule has 0 bridgehead atoms. The van der Waals surface area contributed by atoms with Gasteiger partial charge in [0.05, 0.1) is 5.69 Å². The molecule has 1 saturated carbocycles. The standard InChI is InChI=1S/C14H22N4S/c1-18(2)14(8-3-4-9-14)10-16-12-7-5-6-11(17-12)13(15)19/h5-7H,3-4,8-10H2,1-2H3,(H2,15,19)(H,16,17). The molecule has 5 heteroatoms. The van der Waals surface area contributed by atoms with Crippen LogP contribution in [0.5, 0.6) is 0 Å². The van der Waals surface area contributed by atoms with Gasteiger partial charge in [0.2, 0.25) is 0 Å². The van der Waals surface area contributed by atoms with Gasteiger partial charge in [0.15, 0.2) is 0 Å². The fourth-order valence-corrected chi connectivity index (χ4v) is 2.85. The van der Waals surface area contributed by atoms with Crippen LogP contribution in [0.2, 0.25) is 0 Å². The Hall–Kier alpha value is -1.20. The summed E-state index contributed by atoms with van der Waals surface area (Å²) in [6.07, 6.45) is 5.09. The minimum Gasteiger partial charge on any atom is -0.388 e. The zero-order valence-electron chi connectivity index (χ0n) is 11.6. The summed E-state index contributed by atoms with van der Waals surface area (Å²) in [5.41, 5.74) is 6.53. The monoisotopic (exact) mass is 278 g/mol. The van der Waals surface area contributed by atoms with Gasteiger partial charge in [0.25, 0.3) is 0 Å². The molecule has 1 aliphatic carbocycles. The van der Waals surface area contributed by atoms with Crippen LogP contribution in [0, 0.1) is 0 Å². The number of nitrogens with two attached hydrogens (primary N) is 1. The highest BCUT2D eigenvalue weighted by atomic mass is 32.1. The van der Waals surface area contributed by atoms with Crippen LogP contribution in [-0.4, -0.2) is 41.1 Å². The lowest BCUT2D eigenvalue weighted by Gasteiger charge is -2.36. The SMILES string of the molecule is CN(C)C1(CNc2cccc(C(N)=S)n2)CCCC1. The van der Waals surface area contributed by atoms with E-state index in [1.807, 2.05) is 18.2 Å². The second kappa shape index (κ2) is 5.84. The zero-order valence-corrected chi connectivity index (χ0v) is 12.5. The number of thiocarbonyl (C=S) groups is 1. The van der Waals surface area contributed by atoms with E-state index in [0.29, 0.717) is 10.7 Å². The number of hydrogen-bond donors (Lipinski definition) is 2. The van der Waals surface area contributed by atoms with Crippen molar-refractivity contribution in [2.45, 2.75) is 31.2 Å². The Morgan fingerprint density at radius 1 is 1.42 bits per heavy atom. The van der Waals surface area contributed by atoms with Gasteiger partial charge in [-0.2, -0.15) is 0 Å². The summed E-state index contributed by atoms with van der Waals surface area (Å²) in [5.74, 6) is 0.846. The molecule has 0 atom stereocenters. The summed E-state index contributed by atoms with van der Waals surface area (Å²) < 4.78 is 0. The van der Waals surface area contributed by atoms with Gasteiger partial charge in [-0.1, -0.05) is 31.1 Å². The van der Waals surface area contributed by atoms with Crippen LogP contribution in [-0.2, 0) is 0 Å². The van der Waals surface area contributed by atoms with Crippen LogP contribution in [0.4, 0.5) is 5.82 Å². The maximum atomic E-state index is 5.61. The molecule has 0 aliphatic heterocycles. The maximum absolute atomic E-state index is 5.61. The first-order chi connectivity index (χ1) is 9.03. The molecule has 1 aliphatic rings. The Kier molecular flexibility index (Phi) is 4.37. The van der Waals surface area contributed by atoms with Crippen LogP contribution < -0.4 is 11.1 Å². The largest absolute Gasteiger partial charge is 0.388 e. The molecule has 1 heterocycles. The summed E-state index contributed by atoms with van der Waals surface area (Å²) in [5, 5.41) is 3.44. The van der Waals surface area contributed by atoms with Crippen molar-refractivity contribution in [1.29, 1.82) is 0 Å². The first kappa shape index (κ1) is 14.2. The van der Waals surface area contributed by atoms with Crippen LogP contribution in [0.3, 0.4) is 0 Å². The van der Waals surface area contributed by atoms with Gasteiger partial charge in [-0.05, 0) is 39.1 Å². The molecule has 0 saturated heterocycles. The lowest BCUT2D eigenvalue weighted by atomic mass is 9.96. The zero-order chi connectivity index (χ0) is 13.9. The number of likely N-dealkylation sites (N-methyl/N-ethyl adjacent to an activating group) is 1. The van der Waals surface area contributed by atoms with Gasteiger partial charge in [-0.25, -0.2) is 4.98 Å². The van der Waals surface area contributed by atoms with Gasteiger partial charge in [-0.15, -0.1) is 0 Å². The molecule has 0 amide bonds. The van der Waals surface area contributed by atoms with E-state index in [2.05, 4.69) is 29.3 Å². The van der Waals surface area contributed by atoms with Crippen molar-refractivity contribution in [2.24, 2.45) is 5.73 Å². The molecule has 2 rings (SSSR count). The number of hydrogen-bond acceptors (Lipinski definition) is 4. The summed E-state index contributed by atoms with van der Waals surface area (Å²) in [7, 11) is 4.32. The number of nitrogens with one attached hydrogen (secondary N) is 1. The fraction of sp³-hybridized carbons (Fsp3) is 0.571. The van der Waals surface area contributed by atoms with Crippen molar-refractivity contribution in [3.05, 3.63) is 23.9 Å². The van der Waals surface area contributed by atoms with Crippen LogP contribution in [0.15, 0.2) is 18.2 Å². The average Bonchev–Trinajstić information content (AvgIpc) is 2.87. The van der Waals surface area contributed by atoms with Gasteiger partial charge in [0.1, 0.15) is 10.8 Å². The van der Waals surface area contributed by atoms with Gasteiger partial charge < -0.3 is 16.0 Å². The molecular formula is C14H22N4S. The molecule has 1 fully saturated rings. The third-order valence-electron chi connectivity index (χ3n) is 4.08. The minimum absolute atomic E-state index is 0.251. The maximum Gasteiger partial charge on any atom is 0.126 e. The van der Waals surface area contributed by atoms with E-state index < -0.39 is 0 Å². The van der Waals surface area contributed by atoms with E-state index in [9.17, 15) is 0 Å². The lowest BCUT2D eigenvalue weighted by molar-refractivity contribution is 0.172. The van der Waals surface area contributed by atoms with Crippen molar-refractivity contribution in [3.63, 3.8) is 0 Å². The number of nitrogens with zero attached hydrogens (tertiary/aromatic N) is 2. The van der Waals surface area contributed by atoms with Crippen LogP contribution in [0.25, 0.3) is 0 Å². The summed E-state index contributed by atoms with van der Waals surface area (Å²) in [6.45, 7) is 0.911. The van der Waals surface area contributed by atoms with E-state index in [1.54, 1.807) is 0 Å². The fourth-order valence-electron chi connectivity index (χ4n) is 2.74. The first-order valence-electron chi connectivity index (χ1n) is 6.72. The lowest BCUT2D eigenvalue weighted by Crippen LogP contribution is -2.47. The highest BCUT2D eigenvalue weighted by Gasteiger charge is 2.35. The van der Waals surface area contributed by atoms with E-state index in [4.69, 9.17) is 18.0 Å². The summed E-state index contributed by atoms with van der Waals surface area (Å²) in [6, 6.07) is 5.73. The smallest absolute Gasteiger partial charge is 0.126 e. The Balaban J connectivity index is 2.05. The minimum atomic E-state index is 0.251. The third kappa shape index (κ3) is 3.22. The Labute approximate surface area is 120 Å². The van der Waals surface area contributed by atoms with Gasteiger partial charge in [-0.3, -0.25) is 0 Å². The Morgan fingerprint density at radius 2 is 2.11 bits per heavy atom. The number of rotatable bonds is 5. The first-order valence-corrected chi connectivity index (χ1v) is 7.12. The molecule has 1 aromatic rings. The summed E-state index contributed by atoms with van der Waals surface area (Å²) >= 11 is 4.96. The van der Waals surface area contributed by atoms with Crippen molar-refractivity contribution in [2.75, 3.05) is 26.0 Å². The molecule has 19 heavy (non-hydrogen) atoms. The molecule has 0 unspecified atom stereocenters. The molecule has 3 N–H and O–H groups in total. The van der Waals surface area contributed by atoms with Crippen LogP contribution >= 0.6 is 12.2 Å². The van der Waals surface area contributed by atoms with E-state index in [1.165, 1.54) is 25.7 Å². The predicted octanol–water partition coefficient (Wildman–Crippen LogP) is 2.00. The second-order valence-electron chi connectivity index (χ2n) is 5.45. The molecule has 104 valence electrons. The molecule has 0 spiro atoms. The van der Waals surface area contributed by atoms with Gasteiger partial charge >= 0.3 is 0 Å². The number of aromatic nitrogens is 1. The number of pyridine rings is 1. The molecule has 0 aromatic carbocycles. The highest BCUT2D eigenvalue weighted by molar-refractivity contribution is 7.80. The Morgan fingerprint density at radius 3 is 2.68 bits per heavy atom. The van der Waals surface area contributed by atoms with E-state index in [0.717, 1.165) is 12.4 Å². The Bertz CT molecular complexity index is 453. The molecular weight excluding hydrogens is 256 g/mol. The average molecular weight is 278 g/mol. The van der Waals surface area contributed by atoms with E-state index in [-0.39, 0.29) is 5.54 Å². The third-order valence-corrected chi connectivity index (χ3v) is 4.29. The molecule has 4 nitrogen and oxygen atoms in total. The second-order valence-corrected chi connectivity index (χ2v) is 5.89. The van der Waals surface area contributed by atoms with Crippen molar-refractivity contribution >= 4 is 23.0 Å². The highest BCUT2D eigenvalue weighted by Crippen LogP contribution is 2.33. The van der Waals surface area contributed by atoms with E-state index >= 15 is 0 Å². The quantitative estimate of drug-likeness (QED) is 0.807. The van der Waals surface area contributed by atoms with Crippen LogP contribution in [0.1, 0.15) is 31.4 Å². The van der Waals surface area contributed by atoms with Crippen molar-refractivity contribution < 1.29 is 0 Å². The predicted molar refractivity (Wildman–Crippen MR) is 83.5 cm³/mol. The van der Waals surface area contributed by atoms with Gasteiger partial charge in [0, 0.05) is 12.1 Å². The van der Waals surface area contributed by atoms with Crippen molar-refractivity contribution in [1.82, 2.24) is 9.88 Å². The molecule has 0 radical (unpaired) electrons. The normalized spacial score (nSPS) is 17.6. The number of anilines is 1.